The van der Waals surface area contributed by atoms with Gasteiger partial charge in [0, 0.05) is 12.1 Å². The minimum absolute atomic E-state index is 0.0422. The lowest BCUT2D eigenvalue weighted by Gasteiger charge is -2.32. The topological polar surface area (TPSA) is 56.8 Å². The number of hydrogen-bond acceptors (Lipinski definition) is 4. The molecule has 2 aromatic carbocycles. The van der Waals surface area contributed by atoms with Crippen molar-refractivity contribution in [3.63, 3.8) is 0 Å². The van der Waals surface area contributed by atoms with Gasteiger partial charge in [0.15, 0.2) is 5.82 Å². The van der Waals surface area contributed by atoms with E-state index in [-0.39, 0.29) is 18.7 Å². The molecule has 1 aliphatic rings. The van der Waals surface area contributed by atoms with Gasteiger partial charge in [0.1, 0.15) is 17.4 Å². The molecule has 0 bridgehead atoms. The van der Waals surface area contributed by atoms with Crippen molar-refractivity contribution in [2.45, 2.75) is 45.5 Å². The molecule has 5 nitrogen and oxygen atoms in total. The zero-order chi connectivity index (χ0) is 23.5. The van der Waals surface area contributed by atoms with E-state index in [4.69, 9.17) is 25.6 Å². The Morgan fingerprint density at radius 2 is 1.72 bits per heavy atom. The Morgan fingerprint density at radius 3 is 2.34 bits per heavy atom. The number of nitrogens with one attached hydrogen (secondary N) is 1. The Morgan fingerprint density at radius 1 is 1.09 bits per heavy atom. The fourth-order valence-electron chi connectivity index (χ4n) is 3.00. The molecule has 0 atom stereocenters. The molecule has 1 heterocycles. The van der Waals surface area contributed by atoms with Gasteiger partial charge in [-0.3, -0.25) is 0 Å². The smallest absolute Gasteiger partial charge is 0.445 e. The van der Waals surface area contributed by atoms with Gasteiger partial charge in [-0.25, -0.2) is 13.6 Å². The normalized spacial score (nSPS) is 17.3. The van der Waals surface area contributed by atoms with E-state index in [1.807, 2.05) is 58.0 Å². The number of carbonyl (C=O) groups is 1. The quantitative estimate of drug-likeness (QED) is 0.450. The second kappa shape index (κ2) is 9.61. The van der Waals surface area contributed by atoms with E-state index in [9.17, 15) is 13.6 Å². The van der Waals surface area contributed by atoms with Crippen LogP contribution in [0.5, 0.6) is 0 Å². The summed E-state index contributed by atoms with van der Waals surface area (Å²) in [6, 6.07) is 11.6. The van der Waals surface area contributed by atoms with Crippen LogP contribution in [0.4, 0.5) is 13.6 Å². The van der Waals surface area contributed by atoms with Gasteiger partial charge in [-0.2, -0.15) is 0 Å². The minimum Gasteiger partial charge on any atom is -0.445 e. The van der Waals surface area contributed by atoms with Crippen LogP contribution in [0.2, 0.25) is 5.02 Å². The Hall–Kier alpha value is -2.42. The number of rotatable bonds is 6. The van der Waals surface area contributed by atoms with Crippen LogP contribution in [-0.4, -0.2) is 31.0 Å². The third-order valence-corrected chi connectivity index (χ3v) is 5.96. The number of halogens is 3. The summed E-state index contributed by atoms with van der Waals surface area (Å²) in [4.78, 5) is 12.2. The summed E-state index contributed by atoms with van der Waals surface area (Å²) < 4.78 is 45.4. The minimum atomic E-state index is -0.910. The van der Waals surface area contributed by atoms with E-state index < -0.39 is 41.1 Å². The van der Waals surface area contributed by atoms with Crippen molar-refractivity contribution in [1.29, 1.82) is 0 Å². The van der Waals surface area contributed by atoms with E-state index in [0.29, 0.717) is 5.47 Å². The van der Waals surface area contributed by atoms with Gasteiger partial charge in [0.05, 0.1) is 11.2 Å². The maximum atomic E-state index is 14.5. The number of amides is 1. The average Bonchev–Trinajstić information content (AvgIpc) is 2.97. The zero-order valence-corrected chi connectivity index (χ0v) is 19.1. The van der Waals surface area contributed by atoms with Crippen LogP contribution in [0, 0.1) is 11.6 Å². The maximum absolute atomic E-state index is 14.5. The molecule has 0 spiro atoms. The van der Waals surface area contributed by atoms with Gasteiger partial charge >= 0.3 is 13.2 Å². The SMILES string of the molecule is CC1(C)OB(C(=Cc2ccc(F)c(Cl)c2F)CNC(=O)OCc2ccccc2)OC1(C)C. The van der Waals surface area contributed by atoms with E-state index in [1.165, 1.54) is 12.1 Å². The van der Waals surface area contributed by atoms with Crippen LogP contribution in [-0.2, 0) is 20.7 Å². The van der Waals surface area contributed by atoms with Gasteiger partial charge < -0.3 is 19.4 Å². The third-order valence-electron chi connectivity index (χ3n) is 5.61. The van der Waals surface area contributed by atoms with Crippen LogP contribution >= 0.6 is 11.6 Å². The number of ether oxygens (including phenoxy) is 1. The van der Waals surface area contributed by atoms with E-state index in [2.05, 4.69) is 5.32 Å². The molecule has 1 aliphatic heterocycles. The lowest BCUT2D eigenvalue weighted by molar-refractivity contribution is 0.00578. The molecule has 1 amide bonds. The van der Waals surface area contributed by atoms with E-state index >= 15 is 0 Å². The largest absolute Gasteiger partial charge is 0.492 e. The van der Waals surface area contributed by atoms with Gasteiger partial charge in [-0.1, -0.05) is 48.0 Å². The first-order chi connectivity index (χ1) is 15.0. The summed E-state index contributed by atoms with van der Waals surface area (Å²) in [6.45, 7) is 7.56. The average molecular weight is 464 g/mol. The standard InChI is InChI=1S/C23H25BClF2NO4/c1-22(2)23(3,4)32-24(31-22)17(12-16-10-11-18(26)19(25)20(16)27)13-28-21(29)30-14-15-8-6-5-7-9-15/h5-12H,13-14H2,1-4H3,(H,28,29). The van der Waals surface area contributed by atoms with Crippen molar-refractivity contribution in [2.75, 3.05) is 6.54 Å². The molecule has 1 saturated heterocycles. The summed E-state index contributed by atoms with van der Waals surface area (Å²) in [7, 11) is -0.863. The van der Waals surface area contributed by atoms with Gasteiger partial charge in [0.2, 0.25) is 0 Å². The number of carbonyl (C=O) groups excluding carboxylic acids is 1. The maximum Gasteiger partial charge on any atom is 0.492 e. The second-order valence-corrected chi connectivity index (χ2v) is 8.87. The molecule has 1 N–H and O–H groups in total. The Labute approximate surface area is 191 Å². The molecular formula is C23H25BClF2NO4. The number of hydrogen-bond donors (Lipinski definition) is 1. The van der Waals surface area contributed by atoms with Crippen LogP contribution in [0.15, 0.2) is 47.9 Å². The summed E-state index contributed by atoms with van der Waals surface area (Å²) >= 11 is 5.71. The fraction of sp³-hybridized carbons (Fsp3) is 0.348. The van der Waals surface area contributed by atoms with E-state index in [1.54, 1.807) is 0 Å². The molecular weight excluding hydrogens is 439 g/mol. The highest BCUT2D eigenvalue weighted by molar-refractivity contribution is 6.56. The first kappa shape index (κ1) is 24.2. The van der Waals surface area contributed by atoms with Crippen LogP contribution in [0.25, 0.3) is 6.08 Å². The number of benzene rings is 2. The third kappa shape index (κ3) is 5.49. The molecule has 3 rings (SSSR count). The van der Waals surface area contributed by atoms with Gasteiger partial charge in [-0.05, 0) is 50.9 Å². The highest BCUT2D eigenvalue weighted by Crippen LogP contribution is 2.39. The van der Waals surface area contributed by atoms with Crippen LogP contribution < -0.4 is 5.32 Å². The van der Waals surface area contributed by atoms with Crippen molar-refractivity contribution in [3.8, 4) is 0 Å². The van der Waals surface area contributed by atoms with Crippen molar-refractivity contribution in [1.82, 2.24) is 5.32 Å². The molecule has 32 heavy (non-hydrogen) atoms. The van der Waals surface area contributed by atoms with Crippen molar-refractivity contribution >= 4 is 30.9 Å². The molecule has 0 aromatic heterocycles. The van der Waals surface area contributed by atoms with Crippen molar-refractivity contribution in [2.24, 2.45) is 0 Å². The molecule has 170 valence electrons. The van der Waals surface area contributed by atoms with Crippen molar-refractivity contribution < 1.29 is 27.6 Å². The predicted octanol–water partition coefficient (Wildman–Crippen LogP) is 5.56. The Balaban J connectivity index is 1.78. The molecule has 0 aliphatic carbocycles. The predicted molar refractivity (Wildman–Crippen MR) is 120 cm³/mol. The summed E-state index contributed by atoms with van der Waals surface area (Å²) in [5.41, 5.74) is 0.00230. The van der Waals surface area contributed by atoms with Gasteiger partial charge in [0.25, 0.3) is 0 Å². The first-order valence-electron chi connectivity index (χ1n) is 10.1. The van der Waals surface area contributed by atoms with Crippen molar-refractivity contribution in [3.05, 3.63) is 75.7 Å². The second-order valence-electron chi connectivity index (χ2n) is 8.49. The van der Waals surface area contributed by atoms with Crippen LogP contribution in [0.3, 0.4) is 0 Å². The molecule has 1 fully saturated rings. The zero-order valence-electron chi connectivity index (χ0n) is 18.4. The fourth-order valence-corrected chi connectivity index (χ4v) is 3.17. The molecule has 0 radical (unpaired) electrons. The molecule has 9 heteroatoms. The molecule has 2 aromatic rings. The van der Waals surface area contributed by atoms with Crippen LogP contribution in [0.1, 0.15) is 38.8 Å². The summed E-state index contributed by atoms with van der Waals surface area (Å²) in [5, 5.41) is 2.02. The Kier molecular flexibility index (Phi) is 7.27. The van der Waals surface area contributed by atoms with Gasteiger partial charge in [-0.15, -0.1) is 0 Å². The lowest BCUT2D eigenvalue weighted by Crippen LogP contribution is -2.41. The van der Waals surface area contributed by atoms with E-state index in [0.717, 1.165) is 11.6 Å². The lowest BCUT2D eigenvalue weighted by atomic mass is 9.77. The monoisotopic (exact) mass is 463 g/mol. The summed E-state index contributed by atoms with van der Waals surface area (Å²) in [6.07, 6.45) is 0.772. The first-order valence-corrected chi connectivity index (χ1v) is 10.5. The number of alkyl carbamates (subject to hydrolysis) is 1. The highest BCUT2D eigenvalue weighted by atomic mass is 35.5. The molecule has 0 saturated carbocycles. The Bertz CT molecular complexity index is 999. The summed E-state index contributed by atoms with van der Waals surface area (Å²) in [5.74, 6) is -1.77. The molecule has 0 unspecified atom stereocenters. The highest BCUT2D eigenvalue weighted by Gasteiger charge is 2.52.